The first-order valence-corrected chi connectivity index (χ1v) is 11.1. The van der Waals surface area contributed by atoms with Gasteiger partial charge < -0.3 is 31.0 Å². The van der Waals surface area contributed by atoms with Crippen LogP contribution in [0.5, 0.6) is 0 Å². The van der Waals surface area contributed by atoms with Gasteiger partial charge in [0.25, 0.3) is 0 Å². The lowest BCUT2D eigenvalue weighted by molar-refractivity contribution is -0.140. The SMILES string of the molecule is C[C@@]1(O)CN(C(=O)CCCc2nc3ccc(F)cc3[nH]2)CC[C@H]1n1cnc2c(N)nc(N)nc21. The van der Waals surface area contributed by atoms with Gasteiger partial charge in [-0.3, -0.25) is 4.79 Å². The van der Waals surface area contributed by atoms with Crippen molar-refractivity contribution in [3.8, 4) is 0 Å². The number of aromatic nitrogens is 6. The van der Waals surface area contributed by atoms with Gasteiger partial charge in [0.1, 0.15) is 22.8 Å². The number of carbonyl (C=O) groups excluding carboxylic acids is 1. The molecule has 0 radical (unpaired) electrons. The number of piperidine rings is 1. The van der Waals surface area contributed by atoms with E-state index in [4.69, 9.17) is 11.5 Å². The molecule has 1 aliphatic heterocycles. The molecule has 12 heteroatoms. The van der Waals surface area contributed by atoms with Crippen LogP contribution in [-0.2, 0) is 11.2 Å². The number of nitrogens with two attached hydrogens (primary N) is 2. The molecule has 1 amide bonds. The van der Waals surface area contributed by atoms with Crippen molar-refractivity contribution < 1.29 is 14.3 Å². The maximum atomic E-state index is 13.4. The lowest BCUT2D eigenvalue weighted by Gasteiger charge is -2.43. The Balaban J connectivity index is 1.22. The molecule has 0 spiro atoms. The summed E-state index contributed by atoms with van der Waals surface area (Å²) in [4.78, 5) is 34.5. The second-order valence-electron chi connectivity index (χ2n) is 8.97. The molecule has 6 N–H and O–H groups in total. The molecule has 1 aromatic carbocycles. The van der Waals surface area contributed by atoms with E-state index in [9.17, 15) is 14.3 Å². The van der Waals surface area contributed by atoms with Crippen molar-refractivity contribution in [2.24, 2.45) is 0 Å². The lowest BCUT2D eigenvalue weighted by Crippen LogP contribution is -2.54. The number of halogens is 1. The summed E-state index contributed by atoms with van der Waals surface area (Å²) >= 11 is 0. The Kier molecular flexibility index (Phi) is 5.31. The zero-order chi connectivity index (χ0) is 24.0. The molecule has 0 aliphatic carbocycles. The van der Waals surface area contributed by atoms with Crippen LogP contribution in [0.15, 0.2) is 24.5 Å². The first-order chi connectivity index (χ1) is 16.2. The smallest absolute Gasteiger partial charge is 0.224 e. The average molecular weight is 468 g/mol. The van der Waals surface area contributed by atoms with E-state index in [1.165, 1.54) is 12.1 Å². The molecule has 4 aromatic rings. The van der Waals surface area contributed by atoms with Crippen molar-refractivity contribution >= 4 is 39.9 Å². The number of aromatic amines is 1. The lowest BCUT2D eigenvalue weighted by atomic mass is 9.88. The summed E-state index contributed by atoms with van der Waals surface area (Å²) in [5, 5.41) is 11.2. The number of hydrogen-bond donors (Lipinski definition) is 4. The number of likely N-dealkylation sites (tertiary alicyclic amines) is 1. The topological polar surface area (TPSA) is 165 Å². The molecular formula is C22H26FN9O2. The van der Waals surface area contributed by atoms with Crippen LogP contribution in [0, 0.1) is 5.82 Å². The number of amides is 1. The molecular weight excluding hydrogens is 441 g/mol. The number of imidazole rings is 2. The molecule has 34 heavy (non-hydrogen) atoms. The number of nitrogens with zero attached hydrogens (tertiary/aromatic N) is 6. The van der Waals surface area contributed by atoms with Crippen LogP contribution in [0.3, 0.4) is 0 Å². The molecule has 0 bridgehead atoms. The summed E-state index contributed by atoms with van der Waals surface area (Å²) in [6.07, 6.45) is 3.57. The van der Waals surface area contributed by atoms with Crippen LogP contribution in [-0.4, -0.2) is 64.1 Å². The molecule has 3 aromatic heterocycles. The number of benzene rings is 1. The molecule has 5 rings (SSSR count). The van der Waals surface area contributed by atoms with Crippen LogP contribution in [0.4, 0.5) is 16.2 Å². The Morgan fingerprint density at radius 2 is 2.15 bits per heavy atom. The molecule has 1 saturated heterocycles. The Hall–Kier alpha value is -3.80. The molecule has 0 unspecified atom stereocenters. The predicted octanol–water partition coefficient (Wildman–Crippen LogP) is 1.55. The van der Waals surface area contributed by atoms with Crippen LogP contribution in [0.25, 0.3) is 22.2 Å². The van der Waals surface area contributed by atoms with Gasteiger partial charge in [-0.2, -0.15) is 9.97 Å². The fourth-order valence-corrected chi connectivity index (χ4v) is 4.71. The normalized spacial score (nSPS) is 20.9. The number of anilines is 2. The highest BCUT2D eigenvalue weighted by Gasteiger charge is 2.41. The highest BCUT2D eigenvalue weighted by molar-refractivity contribution is 5.83. The monoisotopic (exact) mass is 467 g/mol. The number of hydrogen-bond acceptors (Lipinski definition) is 8. The van der Waals surface area contributed by atoms with Gasteiger partial charge in [-0.1, -0.05) is 0 Å². The minimum absolute atomic E-state index is 0.0350. The fraction of sp³-hybridized carbons (Fsp3) is 0.409. The largest absolute Gasteiger partial charge is 0.386 e. The predicted molar refractivity (Wildman–Crippen MR) is 124 cm³/mol. The van der Waals surface area contributed by atoms with E-state index in [0.717, 1.165) is 0 Å². The molecule has 2 atom stereocenters. The summed E-state index contributed by atoms with van der Waals surface area (Å²) in [5.74, 6) is 0.576. The van der Waals surface area contributed by atoms with Gasteiger partial charge >= 0.3 is 0 Å². The summed E-state index contributed by atoms with van der Waals surface area (Å²) in [7, 11) is 0. The number of nitrogens with one attached hydrogen (secondary N) is 1. The van der Waals surface area contributed by atoms with Gasteiger partial charge in [0.2, 0.25) is 11.9 Å². The quantitative estimate of drug-likeness (QED) is 0.343. The Bertz CT molecular complexity index is 1380. The summed E-state index contributed by atoms with van der Waals surface area (Å²) in [6, 6.07) is 4.04. The summed E-state index contributed by atoms with van der Waals surface area (Å²) in [5.41, 5.74) is 12.7. The Labute approximate surface area is 194 Å². The van der Waals surface area contributed by atoms with Gasteiger partial charge in [-0.25, -0.2) is 14.4 Å². The summed E-state index contributed by atoms with van der Waals surface area (Å²) < 4.78 is 15.1. The van der Waals surface area contributed by atoms with E-state index in [2.05, 4.69) is 24.9 Å². The van der Waals surface area contributed by atoms with Crippen molar-refractivity contribution in [3.63, 3.8) is 0 Å². The molecule has 0 saturated carbocycles. The number of β-amino-alcohol motifs (C(OH)–C–C–N with tert-alkyl or cyclic N) is 1. The number of nitrogen functional groups attached to an aromatic ring is 2. The third-order valence-corrected chi connectivity index (χ3v) is 6.35. The summed E-state index contributed by atoms with van der Waals surface area (Å²) in [6.45, 7) is 2.36. The van der Waals surface area contributed by atoms with Gasteiger partial charge in [0, 0.05) is 19.4 Å². The van der Waals surface area contributed by atoms with Crippen LogP contribution < -0.4 is 11.5 Å². The maximum absolute atomic E-state index is 13.4. The first-order valence-electron chi connectivity index (χ1n) is 11.1. The maximum Gasteiger partial charge on any atom is 0.224 e. The second kappa shape index (κ2) is 8.20. The minimum Gasteiger partial charge on any atom is -0.386 e. The van der Waals surface area contributed by atoms with E-state index in [1.807, 2.05) is 0 Å². The Morgan fingerprint density at radius 3 is 2.94 bits per heavy atom. The fourth-order valence-electron chi connectivity index (χ4n) is 4.71. The number of aryl methyl sites for hydroxylation is 1. The third kappa shape index (κ3) is 4.00. The van der Waals surface area contributed by atoms with E-state index in [-0.39, 0.29) is 36.1 Å². The molecule has 11 nitrogen and oxygen atoms in total. The van der Waals surface area contributed by atoms with Gasteiger partial charge in [0.15, 0.2) is 11.5 Å². The number of rotatable bonds is 5. The number of H-pyrrole nitrogens is 1. The zero-order valence-electron chi connectivity index (χ0n) is 18.7. The zero-order valence-corrected chi connectivity index (χ0v) is 18.7. The molecule has 4 heterocycles. The standard InChI is InChI=1S/C22H26FN9O2/c1-22(34)10-31(8-7-15(22)32-11-26-18-19(24)29-21(25)30-20(18)32)17(33)4-2-3-16-27-13-6-5-12(23)9-14(13)28-16/h5-6,9,11,15,34H,2-4,7-8,10H2,1H3,(H,27,28)(H4,24,25,29,30)/t15-,22-/m1/s1. The van der Waals surface area contributed by atoms with Crippen molar-refractivity contribution in [2.45, 2.75) is 44.2 Å². The van der Waals surface area contributed by atoms with Crippen molar-refractivity contribution in [1.82, 2.24) is 34.4 Å². The molecule has 1 fully saturated rings. The van der Waals surface area contributed by atoms with Crippen molar-refractivity contribution in [1.29, 1.82) is 0 Å². The van der Waals surface area contributed by atoms with Crippen LogP contribution in [0.1, 0.15) is 38.1 Å². The van der Waals surface area contributed by atoms with E-state index >= 15 is 0 Å². The van der Waals surface area contributed by atoms with Crippen molar-refractivity contribution in [2.75, 3.05) is 24.6 Å². The highest BCUT2D eigenvalue weighted by Crippen LogP contribution is 2.34. The first kappa shape index (κ1) is 22.0. The van der Waals surface area contributed by atoms with Gasteiger partial charge in [0.05, 0.1) is 29.9 Å². The van der Waals surface area contributed by atoms with Gasteiger partial charge in [-0.05, 0) is 38.0 Å². The third-order valence-electron chi connectivity index (χ3n) is 6.35. The average Bonchev–Trinajstić information content (AvgIpc) is 3.36. The van der Waals surface area contributed by atoms with Crippen LogP contribution in [0.2, 0.25) is 0 Å². The molecule has 1 aliphatic rings. The van der Waals surface area contributed by atoms with Crippen LogP contribution >= 0.6 is 0 Å². The van der Waals surface area contributed by atoms with Crippen molar-refractivity contribution in [3.05, 3.63) is 36.2 Å². The molecule has 178 valence electrons. The van der Waals surface area contributed by atoms with E-state index in [0.29, 0.717) is 60.2 Å². The van der Waals surface area contributed by atoms with E-state index < -0.39 is 5.60 Å². The number of carbonyl (C=O) groups is 1. The number of aliphatic hydroxyl groups is 1. The Morgan fingerprint density at radius 1 is 1.32 bits per heavy atom. The van der Waals surface area contributed by atoms with E-state index in [1.54, 1.807) is 28.8 Å². The minimum atomic E-state index is -1.21. The highest BCUT2D eigenvalue weighted by atomic mass is 19.1. The van der Waals surface area contributed by atoms with Gasteiger partial charge in [-0.15, -0.1) is 0 Å². The number of fused-ring (bicyclic) bond motifs is 2. The second-order valence-corrected chi connectivity index (χ2v) is 8.97.